The lowest BCUT2D eigenvalue weighted by Crippen LogP contribution is -2.30. The van der Waals surface area contributed by atoms with Crippen LogP contribution in [-0.4, -0.2) is 37.3 Å². The number of amides is 1. The average molecular weight is 323 g/mol. The van der Waals surface area contributed by atoms with Gasteiger partial charge in [-0.1, -0.05) is 5.16 Å². The first-order valence-electron chi connectivity index (χ1n) is 7.89. The first-order valence-corrected chi connectivity index (χ1v) is 7.89. The third-order valence-corrected chi connectivity index (χ3v) is 4.32. The van der Waals surface area contributed by atoms with E-state index in [4.69, 9.17) is 4.52 Å². The molecular formula is C17H17N5O2. The molecule has 0 bridgehead atoms. The summed E-state index contributed by atoms with van der Waals surface area (Å²) in [6, 6.07) is 5.38. The van der Waals surface area contributed by atoms with Gasteiger partial charge in [-0.15, -0.1) is 0 Å². The number of aryl methyl sites for hydroxylation is 1. The zero-order valence-electron chi connectivity index (χ0n) is 13.3. The highest BCUT2D eigenvalue weighted by molar-refractivity contribution is 5.93. The summed E-state index contributed by atoms with van der Waals surface area (Å²) in [4.78, 5) is 18.7. The zero-order chi connectivity index (χ0) is 16.5. The number of rotatable bonds is 3. The molecule has 0 saturated carbocycles. The van der Waals surface area contributed by atoms with Crippen LogP contribution >= 0.6 is 0 Å². The fraction of sp³-hybridized carbons (Fsp3) is 0.294. The van der Waals surface area contributed by atoms with Gasteiger partial charge in [-0.2, -0.15) is 5.10 Å². The number of carbonyl (C=O) groups is 1. The van der Waals surface area contributed by atoms with E-state index in [1.807, 2.05) is 36.5 Å². The molecule has 1 amide bonds. The summed E-state index contributed by atoms with van der Waals surface area (Å²) in [5.41, 5.74) is 2.24. The van der Waals surface area contributed by atoms with E-state index in [0.717, 1.165) is 30.5 Å². The topological polar surface area (TPSA) is 77.0 Å². The van der Waals surface area contributed by atoms with Crippen molar-refractivity contribution in [3.8, 4) is 11.3 Å². The normalized spacial score (nSPS) is 17.4. The molecule has 7 nitrogen and oxygen atoms in total. The Labute approximate surface area is 138 Å². The van der Waals surface area contributed by atoms with Crippen molar-refractivity contribution in [2.24, 2.45) is 7.05 Å². The molecule has 1 atom stereocenters. The van der Waals surface area contributed by atoms with Gasteiger partial charge in [0.15, 0.2) is 11.5 Å². The van der Waals surface area contributed by atoms with Crippen LogP contribution in [0.4, 0.5) is 0 Å². The standard InChI is InChI=1S/C17H17N5O2/c1-21-11-13(10-19-21)15-3-2-8-22(15)17(23)14-9-16(24-20-14)12-4-6-18-7-5-12/h4-7,9-11,15H,2-3,8H2,1H3. The molecule has 4 rings (SSSR count). The summed E-state index contributed by atoms with van der Waals surface area (Å²) >= 11 is 0. The Morgan fingerprint density at radius 2 is 2.17 bits per heavy atom. The van der Waals surface area contributed by atoms with Crippen molar-refractivity contribution in [3.63, 3.8) is 0 Å². The summed E-state index contributed by atoms with van der Waals surface area (Å²) < 4.78 is 7.09. The smallest absolute Gasteiger partial charge is 0.276 e. The number of carbonyl (C=O) groups excluding carboxylic acids is 1. The summed E-state index contributed by atoms with van der Waals surface area (Å²) in [6.07, 6.45) is 9.05. The van der Waals surface area contributed by atoms with Gasteiger partial charge in [0.1, 0.15) is 0 Å². The Balaban J connectivity index is 1.58. The van der Waals surface area contributed by atoms with E-state index >= 15 is 0 Å². The predicted octanol–water partition coefficient (Wildman–Crippen LogP) is 2.45. The van der Waals surface area contributed by atoms with Crippen LogP contribution < -0.4 is 0 Å². The molecule has 3 aromatic rings. The number of aromatic nitrogens is 4. The lowest BCUT2D eigenvalue weighted by atomic mass is 10.1. The van der Waals surface area contributed by atoms with Crippen molar-refractivity contribution in [2.45, 2.75) is 18.9 Å². The average Bonchev–Trinajstić information content (AvgIpc) is 3.35. The fourth-order valence-corrected chi connectivity index (χ4v) is 3.14. The van der Waals surface area contributed by atoms with Gasteiger partial charge in [-0.25, -0.2) is 0 Å². The van der Waals surface area contributed by atoms with Gasteiger partial charge in [0.05, 0.1) is 12.2 Å². The molecular weight excluding hydrogens is 306 g/mol. The summed E-state index contributed by atoms with van der Waals surface area (Å²) in [5.74, 6) is 0.461. The lowest BCUT2D eigenvalue weighted by molar-refractivity contribution is 0.0725. The van der Waals surface area contributed by atoms with E-state index in [9.17, 15) is 4.79 Å². The second kappa shape index (κ2) is 5.92. The lowest BCUT2D eigenvalue weighted by Gasteiger charge is -2.22. The van der Waals surface area contributed by atoms with Crippen molar-refractivity contribution in [1.29, 1.82) is 0 Å². The molecule has 7 heteroatoms. The van der Waals surface area contributed by atoms with Crippen molar-refractivity contribution >= 4 is 5.91 Å². The van der Waals surface area contributed by atoms with E-state index in [1.54, 1.807) is 23.1 Å². The second-order valence-electron chi connectivity index (χ2n) is 5.92. The zero-order valence-corrected chi connectivity index (χ0v) is 13.3. The van der Waals surface area contributed by atoms with Gasteiger partial charge in [0.2, 0.25) is 0 Å². The largest absolute Gasteiger partial charge is 0.355 e. The van der Waals surface area contributed by atoms with E-state index in [-0.39, 0.29) is 11.9 Å². The third-order valence-electron chi connectivity index (χ3n) is 4.32. The molecule has 1 unspecified atom stereocenters. The molecule has 1 saturated heterocycles. The third kappa shape index (κ3) is 2.58. The Kier molecular flexibility index (Phi) is 3.60. The molecule has 1 fully saturated rings. The number of hydrogen-bond acceptors (Lipinski definition) is 5. The minimum atomic E-state index is -0.106. The van der Waals surface area contributed by atoms with Gasteiger partial charge in [0.25, 0.3) is 5.91 Å². The monoisotopic (exact) mass is 323 g/mol. The first kappa shape index (κ1) is 14.6. The minimum absolute atomic E-state index is 0.0484. The molecule has 0 N–H and O–H groups in total. The Bertz CT molecular complexity index is 855. The van der Waals surface area contributed by atoms with Crippen LogP contribution in [0.1, 0.15) is 34.9 Å². The molecule has 0 aliphatic carbocycles. The van der Waals surface area contributed by atoms with Crippen molar-refractivity contribution in [3.05, 3.63) is 54.2 Å². The molecule has 122 valence electrons. The van der Waals surface area contributed by atoms with Crippen LogP contribution in [-0.2, 0) is 7.05 Å². The number of pyridine rings is 1. The molecule has 0 spiro atoms. The van der Waals surface area contributed by atoms with Gasteiger partial charge >= 0.3 is 0 Å². The molecule has 0 radical (unpaired) electrons. The highest BCUT2D eigenvalue weighted by atomic mass is 16.5. The van der Waals surface area contributed by atoms with Crippen LogP contribution in [0, 0.1) is 0 Å². The maximum atomic E-state index is 12.8. The molecule has 4 heterocycles. The molecule has 1 aliphatic rings. The molecule has 3 aromatic heterocycles. The van der Waals surface area contributed by atoms with Crippen molar-refractivity contribution in [2.75, 3.05) is 6.54 Å². The van der Waals surface area contributed by atoms with Gasteiger partial charge in [-0.05, 0) is 25.0 Å². The van der Waals surface area contributed by atoms with Gasteiger partial charge < -0.3 is 9.42 Å². The minimum Gasteiger partial charge on any atom is -0.355 e. The van der Waals surface area contributed by atoms with E-state index in [1.165, 1.54) is 0 Å². The van der Waals surface area contributed by atoms with Crippen LogP contribution in [0.15, 0.2) is 47.5 Å². The van der Waals surface area contributed by atoms with Crippen molar-refractivity contribution < 1.29 is 9.32 Å². The molecule has 1 aliphatic heterocycles. The Morgan fingerprint density at radius 3 is 2.92 bits per heavy atom. The Hall–Kier alpha value is -2.96. The summed E-state index contributed by atoms with van der Waals surface area (Å²) in [6.45, 7) is 0.718. The maximum absolute atomic E-state index is 12.8. The van der Waals surface area contributed by atoms with E-state index < -0.39 is 0 Å². The van der Waals surface area contributed by atoms with E-state index in [2.05, 4.69) is 15.2 Å². The maximum Gasteiger partial charge on any atom is 0.276 e. The SMILES string of the molecule is Cn1cc(C2CCCN2C(=O)c2cc(-c3ccncc3)on2)cn1. The van der Waals surface area contributed by atoms with Crippen molar-refractivity contribution in [1.82, 2.24) is 24.8 Å². The highest BCUT2D eigenvalue weighted by Gasteiger charge is 2.32. The summed E-state index contributed by atoms with van der Waals surface area (Å²) in [7, 11) is 1.88. The molecule has 24 heavy (non-hydrogen) atoms. The Morgan fingerprint density at radius 1 is 1.33 bits per heavy atom. The number of hydrogen-bond donors (Lipinski definition) is 0. The predicted molar refractivity (Wildman–Crippen MR) is 86.0 cm³/mol. The number of likely N-dealkylation sites (tertiary alicyclic amines) is 1. The van der Waals surface area contributed by atoms with Crippen LogP contribution in [0.5, 0.6) is 0 Å². The fourth-order valence-electron chi connectivity index (χ4n) is 3.14. The summed E-state index contributed by atoms with van der Waals surface area (Å²) in [5, 5.41) is 8.17. The second-order valence-corrected chi connectivity index (χ2v) is 5.92. The van der Waals surface area contributed by atoms with E-state index in [0.29, 0.717) is 11.5 Å². The van der Waals surface area contributed by atoms with Crippen LogP contribution in [0.3, 0.4) is 0 Å². The van der Waals surface area contributed by atoms with Gasteiger partial charge in [0, 0.05) is 49.4 Å². The quantitative estimate of drug-likeness (QED) is 0.740. The van der Waals surface area contributed by atoms with Crippen LogP contribution in [0.2, 0.25) is 0 Å². The first-order chi connectivity index (χ1) is 11.7. The van der Waals surface area contributed by atoms with Crippen LogP contribution in [0.25, 0.3) is 11.3 Å². The highest BCUT2D eigenvalue weighted by Crippen LogP contribution is 2.33. The molecule has 0 aromatic carbocycles. The number of nitrogens with zero attached hydrogens (tertiary/aromatic N) is 5. The van der Waals surface area contributed by atoms with Gasteiger partial charge in [-0.3, -0.25) is 14.5 Å².